The van der Waals surface area contributed by atoms with Gasteiger partial charge in [-0.15, -0.1) is 0 Å². The smallest absolute Gasteiger partial charge is 0.166 e. The first kappa shape index (κ1) is 12.3. The fourth-order valence-corrected chi connectivity index (χ4v) is 2.60. The lowest BCUT2D eigenvalue weighted by Crippen LogP contribution is -2.16. The summed E-state index contributed by atoms with van der Waals surface area (Å²) >= 11 is 0. The second kappa shape index (κ2) is 5.95. The molecule has 17 heavy (non-hydrogen) atoms. The van der Waals surface area contributed by atoms with Crippen LogP contribution in [-0.2, 0) is 0 Å². The third kappa shape index (κ3) is 3.39. The van der Waals surface area contributed by atoms with Gasteiger partial charge in [-0.05, 0) is 25.0 Å². The normalized spacial score (nSPS) is 18.4. The minimum Gasteiger partial charge on any atom is -0.294 e. The fraction of sp³-hybridized carbons (Fsp3) is 0.533. The van der Waals surface area contributed by atoms with Crippen LogP contribution in [0.5, 0.6) is 0 Å². The minimum atomic E-state index is -0.318. The Kier molecular flexibility index (Phi) is 4.29. The van der Waals surface area contributed by atoms with Crippen molar-refractivity contribution in [3.63, 3.8) is 0 Å². The van der Waals surface area contributed by atoms with Crippen LogP contribution in [0.1, 0.15) is 55.3 Å². The first-order valence-electron chi connectivity index (χ1n) is 6.57. The molecule has 1 aliphatic rings. The van der Waals surface area contributed by atoms with Gasteiger partial charge in [0.2, 0.25) is 0 Å². The number of benzene rings is 1. The topological polar surface area (TPSA) is 17.1 Å². The molecular formula is C15H19FO. The van der Waals surface area contributed by atoms with E-state index in [9.17, 15) is 9.18 Å². The highest BCUT2D eigenvalue weighted by molar-refractivity contribution is 5.97. The van der Waals surface area contributed by atoms with E-state index < -0.39 is 0 Å². The number of Topliss-reactive ketones (excluding diaryl/α,β-unsaturated/α-hetero) is 1. The van der Waals surface area contributed by atoms with Crippen LogP contribution in [0.4, 0.5) is 4.39 Å². The number of carbonyl (C=O) groups excluding carboxylic acids is 1. The predicted molar refractivity (Wildman–Crippen MR) is 66.5 cm³/mol. The molecule has 92 valence electrons. The van der Waals surface area contributed by atoms with Crippen molar-refractivity contribution in [3.8, 4) is 0 Å². The van der Waals surface area contributed by atoms with Gasteiger partial charge in [0.05, 0.1) is 0 Å². The number of carbonyl (C=O) groups is 1. The minimum absolute atomic E-state index is 0.108. The van der Waals surface area contributed by atoms with E-state index in [-0.39, 0.29) is 17.5 Å². The molecule has 0 aliphatic heterocycles. The van der Waals surface area contributed by atoms with Gasteiger partial charge in [-0.2, -0.15) is 0 Å². The van der Waals surface area contributed by atoms with Gasteiger partial charge in [-0.1, -0.05) is 44.2 Å². The Morgan fingerprint density at radius 2 is 1.71 bits per heavy atom. The number of rotatable bonds is 2. The molecule has 1 aromatic carbocycles. The molecule has 0 unspecified atom stereocenters. The van der Waals surface area contributed by atoms with E-state index in [1.165, 1.54) is 31.4 Å². The van der Waals surface area contributed by atoms with E-state index in [4.69, 9.17) is 0 Å². The maximum Gasteiger partial charge on any atom is 0.166 e. The van der Waals surface area contributed by atoms with Gasteiger partial charge < -0.3 is 0 Å². The monoisotopic (exact) mass is 234 g/mol. The maximum atomic E-state index is 13.1. The quantitative estimate of drug-likeness (QED) is 0.694. The first-order chi connectivity index (χ1) is 8.27. The summed E-state index contributed by atoms with van der Waals surface area (Å²) in [6, 6.07) is 6.09. The van der Waals surface area contributed by atoms with E-state index in [1.54, 1.807) is 12.1 Å². The van der Waals surface area contributed by atoms with Crippen molar-refractivity contribution in [2.75, 3.05) is 0 Å². The molecule has 0 heterocycles. The van der Waals surface area contributed by atoms with Crippen LogP contribution in [0.3, 0.4) is 0 Å². The Bertz CT molecular complexity index is 378. The van der Waals surface area contributed by atoms with Crippen molar-refractivity contribution < 1.29 is 9.18 Å². The Morgan fingerprint density at radius 1 is 1.06 bits per heavy atom. The summed E-state index contributed by atoms with van der Waals surface area (Å²) in [4.78, 5) is 12.3. The predicted octanol–water partition coefficient (Wildman–Crippen LogP) is 4.37. The Balaban J connectivity index is 2.07. The fourth-order valence-electron chi connectivity index (χ4n) is 2.60. The van der Waals surface area contributed by atoms with Crippen molar-refractivity contribution in [3.05, 3.63) is 35.6 Å². The van der Waals surface area contributed by atoms with Crippen molar-refractivity contribution >= 4 is 5.78 Å². The molecule has 0 spiro atoms. The molecule has 0 atom stereocenters. The molecule has 0 amide bonds. The molecule has 1 fully saturated rings. The molecule has 2 heteroatoms. The lowest BCUT2D eigenvalue weighted by Gasteiger charge is -2.18. The van der Waals surface area contributed by atoms with Gasteiger partial charge in [-0.3, -0.25) is 4.79 Å². The van der Waals surface area contributed by atoms with Gasteiger partial charge >= 0.3 is 0 Å². The zero-order valence-electron chi connectivity index (χ0n) is 10.1. The Labute approximate surface area is 102 Å². The van der Waals surface area contributed by atoms with Gasteiger partial charge in [0.25, 0.3) is 0 Å². The van der Waals surface area contributed by atoms with Crippen molar-refractivity contribution in [2.45, 2.75) is 44.9 Å². The molecule has 0 bridgehead atoms. The molecular weight excluding hydrogens is 215 g/mol. The van der Waals surface area contributed by atoms with Gasteiger partial charge in [0.15, 0.2) is 5.78 Å². The van der Waals surface area contributed by atoms with Gasteiger partial charge in [-0.25, -0.2) is 4.39 Å². The van der Waals surface area contributed by atoms with Crippen molar-refractivity contribution in [2.24, 2.45) is 5.92 Å². The molecule has 1 aromatic rings. The standard InChI is InChI=1S/C15H19FO/c16-14-10-6-9-13(11-14)15(17)12-7-4-2-1-3-5-8-12/h6,9-12H,1-5,7-8H2. The van der Waals surface area contributed by atoms with Crippen LogP contribution in [-0.4, -0.2) is 5.78 Å². The largest absolute Gasteiger partial charge is 0.294 e. The SMILES string of the molecule is O=C(c1cccc(F)c1)C1CCCCCCC1. The van der Waals surface area contributed by atoms with E-state index in [1.807, 2.05) is 0 Å². The third-order valence-corrected chi connectivity index (χ3v) is 3.59. The van der Waals surface area contributed by atoms with E-state index in [0.29, 0.717) is 5.56 Å². The Hall–Kier alpha value is -1.18. The molecule has 0 saturated heterocycles. The highest BCUT2D eigenvalue weighted by Gasteiger charge is 2.20. The number of hydrogen-bond donors (Lipinski definition) is 0. The van der Waals surface area contributed by atoms with Gasteiger partial charge in [0.1, 0.15) is 5.82 Å². The second-order valence-corrected chi connectivity index (χ2v) is 4.92. The molecule has 1 nitrogen and oxygen atoms in total. The average molecular weight is 234 g/mol. The van der Waals surface area contributed by atoms with Crippen LogP contribution in [0.15, 0.2) is 24.3 Å². The molecule has 0 radical (unpaired) electrons. The van der Waals surface area contributed by atoms with Crippen molar-refractivity contribution in [1.29, 1.82) is 0 Å². The number of hydrogen-bond acceptors (Lipinski definition) is 1. The molecule has 2 rings (SSSR count). The summed E-state index contributed by atoms with van der Waals surface area (Å²) in [5, 5.41) is 0. The summed E-state index contributed by atoms with van der Waals surface area (Å²) in [5.74, 6) is -0.0785. The first-order valence-corrected chi connectivity index (χ1v) is 6.57. The highest BCUT2D eigenvalue weighted by Crippen LogP contribution is 2.25. The van der Waals surface area contributed by atoms with Crippen LogP contribution < -0.4 is 0 Å². The molecule has 0 N–H and O–H groups in total. The lowest BCUT2D eigenvalue weighted by molar-refractivity contribution is 0.0898. The summed E-state index contributed by atoms with van der Waals surface area (Å²) in [6.45, 7) is 0. The summed E-state index contributed by atoms with van der Waals surface area (Å²) in [6.07, 6.45) is 7.95. The van der Waals surface area contributed by atoms with Gasteiger partial charge in [0, 0.05) is 11.5 Å². The molecule has 1 aliphatic carbocycles. The number of halogens is 1. The van der Waals surface area contributed by atoms with Crippen molar-refractivity contribution in [1.82, 2.24) is 0 Å². The zero-order chi connectivity index (χ0) is 12.1. The van der Waals surface area contributed by atoms with Crippen LogP contribution in [0.25, 0.3) is 0 Å². The van der Waals surface area contributed by atoms with E-state index in [0.717, 1.165) is 25.7 Å². The lowest BCUT2D eigenvalue weighted by atomic mass is 9.86. The van der Waals surface area contributed by atoms with Crippen LogP contribution >= 0.6 is 0 Å². The summed E-state index contributed by atoms with van der Waals surface area (Å²) in [5.41, 5.74) is 0.538. The molecule has 0 aromatic heterocycles. The Morgan fingerprint density at radius 3 is 2.35 bits per heavy atom. The van der Waals surface area contributed by atoms with E-state index >= 15 is 0 Å². The highest BCUT2D eigenvalue weighted by atomic mass is 19.1. The summed E-state index contributed by atoms with van der Waals surface area (Å²) in [7, 11) is 0. The third-order valence-electron chi connectivity index (χ3n) is 3.59. The van der Waals surface area contributed by atoms with Crippen LogP contribution in [0.2, 0.25) is 0 Å². The van der Waals surface area contributed by atoms with Crippen LogP contribution in [0, 0.1) is 11.7 Å². The molecule has 1 saturated carbocycles. The van der Waals surface area contributed by atoms with E-state index in [2.05, 4.69) is 0 Å². The summed E-state index contributed by atoms with van der Waals surface area (Å²) < 4.78 is 13.1. The number of ketones is 1. The average Bonchev–Trinajstić information content (AvgIpc) is 2.28. The maximum absolute atomic E-state index is 13.1. The zero-order valence-corrected chi connectivity index (χ0v) is 10.1. The second-order valence-electron chi connectivity index (χ2n) is 4.92.